The summed E-state index contributed by atoms with van der Waals surface area (Å²) in [6, 6.07) is 0. The van der Waals surface area contributed by atoms with E-state index in [9.17, 15) is 4.79 Å². The van der Waals surface area contributed by atoms with Gasteiger partial charge in [0.2, 0.25) is 0 Å². The molecular weight excluding hydrogens is 361 g/mol. The highest BCUT2D eigenvalue weighted by Gasteiger charge is 2.37. The van der Waals surface area contributed by atoms with Gasteiger partial charge in [-0.25, -0.2) is 4.79 Å². The van der Waals surface area contributed by atoms with Gasteiger partial charge in [0.25, 0.3) is 0 Å². The number of amides is 1. The van der Waals surface area contributed by atoms with Crippen LogP contribution < -0.4 is 0 Å². The molecule has 6 heteroatoms. The standard InChI is InChI=1S/C13H24INO4/c1-9(8-17-5)18-11-7-15(6-10(11)14)12(16)19-13(2,3)4/h9-11H,6-8H2,1-5H3. The first kappa shape index (κ1) is 17.0. The first-order valence-corrected chi connectivity index (χ1v) is 7.74. The fraction of sp³-hybridized carbons (Fsp3) is 0.923. The van der Waals surface area contributed by atoms with Crippen LogP contribution in [0.15, 0.2) is 0 Å². The Morgan fingerprint density at radius 3 is 2.58 bits per heavy atom. The maximum Gasteiger partial charge on any atom is 0.410 e. The number of carbonyl (C=O) groups is 1. The van der Waals surface area contributed by atoms with Gasteiger partial charge in [-0.05, 0) is 27.7 Å². The fourth-order valence-electron chi connectivity index (χ4n) is 1.91. The Morgan fingerprint density at radius 1 is 1.42 bits per heavy atom. The Hall–Kier alpha value is -0.0800. The van der Waals surface area contributed by atoms with E-state index in [0.29, 0.717) is 19.7 Å². The van der Waals surface area contributed by atoms with E-state index in [1.165, 1.54) is 0 Å². The van der Waals surface area contributed by atoms with Crippen molar-refractivity contribution < 1.29 is 19.0 Å². The zero-order valence-electron chi connectivity index (χ0n) is 12.3. The van der Waals surface area contributed by atoms with E-state index in [2.05, 4.69) is 22.6 Å². The Bertz CT molecular complexity index is 306. The smallest absolute Gasteiger partial charge is 0.410 e. The van der Waals surface area contributed by atoms with Crippen LogP contribution in [0.4, 0.5) is 4.79 Å². The van der Waals surface area contributed by atoms with E-state index in [0.717, 1.165) is 0 Å². The van der Waals surface area contributed by atoms with Crippen molar-refractivity contribution >= 4 is 28.7 Å². The number of methoxy groups -OCH3 is 1. The third kappa shape index (κ3) is 5.83. The number of hydrogen-bond donors (Lipinski definition) is 0. The lowest BCUT2D eigenvalue weighted by Gasteiger charge is -2.24. The minimum absolute atomic E-state index is 0.0332. The van der Waals surface area contributed by atoms with E-state index in [4.69, 9.17) is 14.2 Å². The highest BCUT2D eigenvalue weighted by Crippen LogP contribution is 2.24. The van der Waals surface area contributed by atoms with E-state index >= 15 is 0 Å². The molecule has 1 saturated heterocycles. The molecular formula is C13H24INO4. The van der Waals surface area contributed by atoms with Crippen molar-refractivity contribution in [3.8, 4) is 0 Å². The van der Waals surface area contributed by atoms with Gasteiger partial charge in [-0.3, -0.25) is 0 Å². The van der Waals surface area contributed by atoms with Gasteiger partial charge >= 0.3 is 6.09 Å². The summed E-state index contributed by atoms with van der Waals surface area (Å²) in [4.78, 5) is 13.7. The molecule has 0 saturated carbocycles. The van der Waals surface area contributed by atoms with Crippen LogP contribution in [-0.2, 0) is 14.2 Å². The van der Waals surface area contributed by atoms with Gasteiger partial charge in [-0.15, -0.1) is 0 Å². The predicted molar refractivity (Wildman–Crippen MR) is 81.8 cm³/mol. The van der Waals surface area contributed by atoms with Crippen LogP contribution in [0.25, 0.3) is 0 Å². The van der Waals surface area contributed by atoms with Crippen LogP contribution in [0.1, 0.15) is 27.7 Å². The third-order valence-electron chi connectivity index (χ3n) is 2.66. The van der Waals surface area contributed by atoms with Crippen molar-refractivity contribution in [2.24, 2.45) is 0 Å². The van der Waals surface area contributed by atoms with Crippen molar-refractivity contribution in [3.63, 3.8) is 0 Å². The topological polar surface area (TPSA) is 48.0 Å². The Morgan fingerprint density at radius 2 is 2.05 bits per heavy atom. The lowest BCUT2D eigenvalue weighted by atomic mass is 10.2. The monoisotopic (exact) mass is 385 g/mol. The number of carbonyl (C=O) groups excluding carboxylic acids is 1. The van der Waals surface area contributed by atoms with Gasteiger partial charge in [0.15, 0.2) is 0 Å². The number of likely N-dealkylation sites (tertiary alicyclic amines) is 1. The quantitative estimate of drug-likeness (QED) is 0.551. The van der Waals surface area contributed by atoms with E-state index in [1.54, 1.807) is 12.0 Å². The molecule has 112 valence electrons. The molecule has 19 heavy (non-hydrogen) atoms. The van der Waals surface area contributed by atoms with E-state index in [1.807, 2.05) is 27.7 Å². The van der Waals surface area contributed by atoms with Gasteiger partial charge < -0.3 is 19.1 Å². The molecule has 0 aromatic heterocycles. The zero-order valence-corrected chi connectivity index (χ0v) is 14.5. The molecule has 5 nitrogen and oxygen atoms in total. The average molecular weight is 385 g/mol. The zero-order chi connectivity index (χ0) is 14.6. The Kier molecular flexibility index (Phi) is 6.32. The summed E-state index contributed by atoms with van der Waals surface area (Å²) in [5, 5.41) is 0. The molecule has 0 aliphatic carbocycles. The maximum atomic E-state index is 12.0. The number of rotatable bonds is 4. The second-order valence-electron chi connectivity index (χ2n) is 5.84. The summed E-state index contributed by atoms with van der Waals surface area (Å²) in [6.45, 7) is 9.40. The molecule has 3 atom stereocenters. The van der Waals surface area contributed by atoms with Gasteiger partial charge in [0, 0.05) is 13.7 Å². The summed E-state index contributed by atoms with van der Waals surface area (Å²) in [7, 11) is 1.66. The van der Waals surface area contributed by atoms with E-state index in [-0.39, 0.29) is 22.2 Å². The lowest BCUT2D eigenvalue weighted by Crippen LogP contribution is -2.36. The lowest BCUT2D eigenvalue weighted by molar-refractivity contribution is -0.0325. The minimum Gasteiger partial charge on any atom is -0.444 e. The van der Waals surface area contributed by atoms with Crippen molar-refractivity contribution in [2.45, 2.75) is 49.4 Å². The summed E-state index contributed by atoms with van der Waals surface area (Å²) >= 11 is 2.33. The average Bonchev–Trinajstić information content (AvgIpc) is 2.58. The van der Waals surface area contributed by atoms with Crippen LogP contribution >= 0.6 is 22.6 Å². The maximum absolute atomic E-state index is 12.0. The highest BCUT2D eigenvalue weighted by atomic mass is 127. The fourth-order valence-corrected chi connectivity index (χ4v) is 2.78. The molecule has 0 aromatic carbocycles. The molecule has 0 N–H and O–H groups in total. The van der Waals surface area contributed by atoms with Crippen LogP contribution in [0.3, 0.4) is 0 Å². The van der Waals surface area contributed by atoms with Crippen molar-refractivity contribution in [1.82, 2.24) is 4.90 Å². The van der Waals surface area contributed by atoms with Crippen molar-refractivity contribution in [1.29, 1.82) is 0 Å². The molecule has 1 heterocycles. The molecule has 0 bridgehead atoms. The van der Waals surface area contributed by atoms with Crippen molar-refractivity contribution in [3.05, 3.63) is 0 Å². The summed E-state index contributed by atoms with van der Waals surface area (Å²) in [5.41, 5.74) is -0.458. The molecule has 0 aromatic rings. The van der Waals surface area contributed by atoms with Crippen LogP contribution in [0, 0.1) is 0 Å². The minimum atomic E-state index is -0.458. The largest absolute Gasteiger partial charge is 0.444 e. The Labute approximate surface area is 129 Å². The SMILES string of the molecule is COCC(C)OC1CN(C(=O)OC(C)(C)C)CC1I. The summed E-state index contributed by atoms with van der Waals surface area (Å²) in [6.07, 6.45) is -0.191. The first-order valence-electron chi connectivity index (χ1n) is 6.49. The first-order chi connectivity index (χ1) is 8.73. The van der Waals surface area contributed by atoms with Gasteiger partial charge in [0.05, 0.1) is 29.3 Å². The van der Waals surface area contributed by atoms with E-state index < -0.39 is 5.60 Å². The molecule has 1 rings (SSSR count). The van der Waals surface area contributed by atoms with Crippen molar-refractivity contribution in [2.75, 3.05) is 26.8 Å². The normalized spacial score (nSPS) is 25.5. The third-order valence-corrected chi connectivity index (χ3v) is 3.85. The second kappa shape index (κ2) is 7.08. The number of ether oxygens (including phenoxy) is 3. The number of nitrogens with zero attached hydrogens (tertiary/aromatic N) is 1. The molecule has 0 spiro atoms. The number of hydrogen-bond acceptors (Lipinski definition) is 4. The molecule has 1 fully saturated rings. The predicted octanol–water partition coefficient (Wildman–Crippen LogP) is 2.46. The van der Waals surface area contributed by atoms with Gasteiger partial charge in [-0.2, -0.15) is 0 Å². The molecule has 1 amide bonds. The Balaban J connectivity index is 2.48. The molecule has 3 unspecified atom stereocenters. The van der Waals surface area contributed by atoms with Crippen LogP contribution in [0.2, 0.25) is 0 Å². The highest BCUT2D eigenvalue weighted by molar-refractivity contribution is 14.1. The summed E-state index contributed by atoms with van der Waals surface area (Å²) < 4.78 is 16.6. The number of halogens is 1. The molecule has 0 radical (unpaired) electrons. The van der Waals surface area contributed by atoms with Crippen LogP contribution in [-0.4, -0.2) is 59.5 Å². The van der Waals surface area contributed by atoms with Crippen LogP contribution in [0.5, 0.6) is 0 Å². The molecule has 1 aliphatic rings. The molecule has 1 aliphatic heterocycles. The van der Waals surface area contributed by atoms with Gasteiger partial charge in [0.1, 0.15) is 5.60 Å². The van der Waals surface area contributed by atoms with Gasteiger partial charge in [-0.1, -0.05) is 22.6 Å². The second-order valence-corrected chi connectivity index (χ2v) is 7.44. The number of alkyl halides is 1. The summed E-state index contributed by atoms with van der Waals surface area (Å²) in [5.74, 6) is 0.